The van der Waals surface area contributed by atoms with E-state index in [2.05, 4.69) is 10.5 Å². The number of hydrogen-bond acceptors (Lipinski definition) is 4. The van der Waals surface area contributed by atoms with Crippen LogP contribution in [0.5, 0.6) is 0 Å². The fourth-order valence-electron chi connectivity index (χ4n) is 1.90. The molecule has 5 N–H and O–H groups in total. The number of rotatable bonds is 7. The van der Waals surface area contributed by atoms with E-state index in [4.69, 9.17) is 10.9 Å². The normalized spacial score (nSPS) is 12.7. The molecule has 0 aromatic heterocycles. The molecule has 0 aliphatic rings. The minimum atomic E-state index is -0.778. The van der Waals surface area contributed by atoms with Gasteiger partial charge in [0.2, 0.25) is 0 Å². The van der Waals surface area contributed by atoms with Crippen LogP contribution >= 0.6 is 0 Å². The Labute approximate surface area is 118 Å². The van der Waals surface area contributed by atoms with Gasteiger partial charge in [0.25, 0.3) is 0 Å². The van der Waals surface area contributed by atoms with Gasteiger partial charge >= 0.3 is 0 Å². The third-order valence-corrected chi connectivity index (χ3v) is 3.55. The van der Waals surface area contributed by atoms with Crippen molar-refractivity contribution in [3.05, 3.63) is 35.1 Å². The quantitative estimate of drug-likeness (QED) is 0.264. The second-order valence-corrected chi connectivity index (χ2v) is 4.80. The summed E-state index contributed by atoms with van der Waals surface area (Å²) in [5.74, 6) is -0.783. The zero-order chi connectivity index (χ0) is 15.2. The first-order chi connectivity index (χ1) is 9.47. The van der Waals surface area contributed by atoms with Gasteiger partial charge in [-0.3, -0.25) is 0 Å². The van der Waals surface area contributed by atoms with Crippen molar-refractivity contribution < 1.29 is 14.7 Å². The van der Waals surface area contributed by atoms with Crippen LogP contribution in [-0.4, -0.2) is 28.3 Å². The highest BCUT2D eigenvalue weighted by molar-refractivity contribution is 5.97. The molecule has 0 unspecified atom stereocenters. The molecule has 1 aromatic carbocycles. The number of nitrogens with zero attached hydrogens (tertiary/aromatic N) is 1. The van der Waals surface area contributed by atoms with Gasteiger partial charge in [0.05, 0.1) is 11.2 Å². The van der Waals surface area contributed by atoms with Gasteiger partial charge in [-0.05, 0) is 18.9 Å². The average Bonchev–Trinajstić information content (AvgIpc) is 2.48. The molecule has 0 saturated heterocycles. The lowest BCUT2D eigenvalue weighted by molar-refractivity contribution is 0.0322. The number of nitrogens with two attached hydrogens (primary N) is 1. The van der Waals surface area contributed by atoms with Gasteiger partial charge in [0, 0.05) is 18.7 Å². The van der Waals surface area contributed by atoms with Crippen molar-refractivity contribution in [2.45, 2.75) is 38.8 Å². The molecule has 1 rings (SSSR count). The summed E-state index contributed by atoms with van der Waals surface area (Å²) in [5, 5.41) is 24.6. The average molecular weight is 283 g/mol. The fraction of sp³-hybridized carbons (Fsp3) is 0.500. The van der Waals surface area contributed by atoms with Crippen molar-refractivity contribution in [1.82, 2.24) is 5.32 Å². The fourth-order valence-corrected chi connectivity index (χ4v) is 1.90. The van der Waals surface area contributed by atoms with Crippen LogP contribution in [0.25, 0.3) is 0 Å². The van der Waals surface area contributed by atoms with Crippen LogP contribution in [-0.2, 0) is 6.54 Å². The van der Waals surface area contributed by atoms with Crippen LogP contribution < -0.4 is 11.1 Å². The Morgan fingerprint density at radius 2 is 2.05 bits per heavy atom. The summed E-state index contributed by atoms with van der Waals surface area (Å²) in [5.41, 5.74) is 5.10. The third-order valence-electron chi connectivity index (χ3n) is 3.55. The Balaban J connectivity index is 2.75. The molecule has 5 nitrogen and oxygen atoms in total. The van der Waals surface area contributed by atoms with Crippen molar-refractivity contribution in [3.8, 4) is 0 Å². The molecule has 0 atom stereocenters. The number of hydrogen-bond donors (Lipinski definition) is 4. The number of benzene rings is 1. The van der Waals surface area contributed by atoms with Gasteiger partial charge < -0.3 is 21.4 Å². The molecule has 0 bridgehead atoms. The van der Waals surface area contributed by atoms with Crippen molar-refractivity contribution >= 4 is 5.84 Å². The maximum atomic E-state index is 14.1. The third kappa shape index (κ3) is 3.91. The van der Waals surface area contributed by atoms with Gasteiger partial charge in [-0.2, -0.15) is 0 Å². The number of amidine groups is 1. The Kier molecular flexibility index (Phi) is 5.91. The Hall–Kier alpha value is -1.66. The highest BCUT2D eigenvalue weighted by Crippen LogP contribution is 2.15. The molecule has 0 heterocycles. The minimum Gasteiger partial charge on any atom is -0.409 e. The second-order valence-electron chi connectivity index (χ2n) is 4.80. The molecule has 6 heteroatoms. The molecule has 0 radical (unpaired) electrons. The monoisotopic (exact) mass is 283 g/mol. The van der Waals surface area contributed by atoms with Crippen LogP contribution in [0.3, 0.4) is 0 Å². The lowest BCUT2D eigenvalue weighted by atomic mass is 9.97. The topological polar surface area (TPSA) is 90.9 Å². The largest absolute Gasteiger partial charge is 0.409 e. The second kappa shape index (κ2) is 7.21. The highest BCUT2D eigenvalue weighted by Gasteiger charge is 2.21. The van der Waals surface area contributed by atoms with E-state index in [0.717, 1.165) is 0 Å². The smallest absolute Gasteiger partial charge is 0.173 e. The molecule has 0 aliphatic heterocycles. The lowest BCUT2D eigenvalue weighted by Crippen LogP contribution is -2.39. The van der Waals surface area contributed by atoms with E-state index >= 15 is 0 Å². The summed E-state index contributed by atoms with van der Waals surface area (Å²) >= 11 is 0. The Bertz CT molecular complexity index is 473. The summed E-state index contributed by atoms with van der Waals surface area (Å²) in [6.07, 6.45) is 1.26. The van der Waals surface area contributed by atoms with E-state index in [1.807, 2.05) is 13.8 Å². The van der Waals surface area contributed by atoms with Crippen molar-refractivity contribution in [1.29, 1.82) is 0 Å². The number of halogens is 1. The van der Waals surface area contributed by atoms with Crippen molar-refractivity contribution in [2.24, 2.45) is 10.9 Å². The Morgan fingerprint density at radius 1 is 1.40 bits per heavy atom. The number of oxime groups is 1. The molecule has 0 saturated carbocycles. The van der Waals surface area contributed by atoms with Crippen LogP contribution in [0.1, 0.15) is 37.8 Å². The summed E-state index contributed by atoms with van der Waals surface area (Å²) in [7, 11) is 0. The van der Waals surface area contributed by atoms with Crippen molar-refractivity contribution in [2.75, 3.05) is 6.54 Å². The maximum Gasteiger partial charge on any atom is 0.173 e. The molecular weight excluding hydrogens is 261 g/mol. The summed E-state index contributed by atoms with van der Waals surface area (Å²) in [4.78, 5) is 0. The Morgan fingerprint density at radius 3 is 2.60 bits per heavy atom. The van der Waals surface area contributed by atoms with Gasteiger partial charge in [-0.25, -0.2) is 4.39 Å². The summed E-state index contributed by atoms with van der Waals surface area (Å²) in [6.45, 7) is 4.46. The van der Waals surface area contributed by atoms with Gasteiger partial charge in [0.1, 0.15) is 5.82 Å². The molecule has 20 heavy (non-hydrogen) atoms. The van der Waals surface area contributed by atoms with Crippen LogP contribution in [0, 0.1) is 5.82 Å². The predicted octanol–water partition coefficient (Wildman–Crippen LogP) is 1.56. The van der Waals surface area contributed by atoms with Gasteiger partial charge in [0.15, 0.2) is 5.84 Å². The van der Waals surface area contributed by atoms with Crippen LogP contribution in [0.2, 0.25) is 0 Å². The summed E-state index contributed by atoms with van der Waals surface area (Å²) < 4.78 is 14.1. The number of aliphatic hydroxyl groups is 1. The SMILES string of the molecule is CCC(O)(CC)CNCc1cccc(/C(N)=N/O)c1F. The maximum absolute atomic E-state index is 14.1. The number of nitrogens with one attached hydrogen (secondary N) is 1. The lowest BCUT2D eigenvalue weighted by Gasteiger charge is -2.25. The first kappa shape index (κ1) is 16.4. The molecule has 0 spiro atoms. The predicted molar refractivity (Wildman–Crippen MR) is 76.1 cm³/mol. The van der Waals surface area contributed by atoms with Crippen molar-refractivity contribution in [3.63, 3.8) is 0 Å². The van der Waals surface area contributed by atoms with Gasteiger partial charge in [-0.15, -0.1) is 0 Å². The van der Waals surface area contributed by atoms with Crippen LogP contribution in [0.4, 0.5) is 4.39 Å². The first-order valence-corrected chi connectivity index (χ1v) is 6.65. The zero-order valence-electron chi connectivity index (χ0n) is 11.9. The van der Waals surface area contributed by atoms with E-state index in [9.17, 15) is 9.50 Å². The highest BCUT2D eigenvalue weighted by atomic mass is 19.1. The molecule has 0 fully saturated rings. The standard InChI is InChI=1S/C14H22FN3O2/c1-3-14(19,4-2)9-17-8-10-6-5-7-11(12(10)15)13(16)18-20/h5-7,17,19-20H,3-4,8-9H2,1-2H3,(H2,16,18). The molecule has 0 aliphatic carbocycles. The van der Waals surface area contributed by atoms with Crippen LogP contribution in [0.15, 0.2) is 23.4 Å². The van der Waals surface area contributed by atoms with Gasteiger partial charge in [-0.1, -0.05) is 31.1 Å². The molecular formula is C14H22FN3O2. The first-order valence-electron chi connectivity index (χ1n) is 6.65. The van der Waals surface area contributed by atoms with E-state index in [-0.39, 0.29) is 17.9 Å². The minimum absolute atomic E-state index is 0.0630. The zero-order valence-corrected chi connectivity index (χ0v) is 11.9. The molecule has 112 valence electrons. The van der Waals surface area contributed by atoms with E-state index in [1.165, 1.54) is 6.07 Å². The molecule has 1 aromatic rings. The van der Waals surface area contributed by atoms with E-state index in [1.54, 1.807) is 12.1 Å². The van der Waals surface area contributed by atoms with E-state index < -0.39 is 11.4 Å². The molecule has 0 amide bonds. The summed E-state index contributed by atoms with van der Waals surface area (Å²) in [6, 6.07) is 4.70. The van der Waals surface area contributed by atoms with E-state index in [0.29, 0.717) is 24.9 Å².